The van der Waals surface area contributed by atoms with Gasteiger partial charge in [0.2, 0.25) is 0 Å². The van der Waals surface area contributed by atoms with Gasteiger partial charge in [-0.15, -0.1) is 11.3 Å². The number of nitrogens with one attached hydrogen (secondary N) is 2. The van der Waals surface area contributed by atoms with E-state index in [0.29, 0.717) is 33.5 Å². The van der Waals surface area contributed by atoms with Crippen molar-refractivity contribution < 1.29 is 17.9 Å². The molecule has 0 unspecified atom stereocenters. The van der Waals surface area contributed by atoms with Crippen LogP contribution >= 0.6 is 11.3 Å². The minimum Gasteiger partial charge on any atom is -0.380 e. The summed E-state index contributed by atoms with van der Waals surface area (Å²) in [4.78, 5) is 12.3. The fraction of sp³-hybridized carbons (Fsp3) is 0.278. The molecule has 6 nitrogen and oxygen atoms in total. The van der Waals surface area contributed by atoms with Gasteiger partial charge in [0.15, 0.2) is 9.84 Å². The fourth-order valence-corrected chi connectivity index (χ4v) is 5.21. The number of carbonyl (C=O) groups is 1. The summed E-state index contributed by atoms with van der Waals surface area (Å²) < 4.78 is 29.4. The van der Waals surface area contributed by atoms with E-state index in [-0.39, 0.29) is 0 Å². The molecule has 1 heterocycles. The zero-order valence-corrected chi connectivity index (χ0v) is 16.2. The van der Waals surface area contributed by atoms with E-state index in [4.69, 9.17) is 4.74 Å². The van der Waals surface area contributed by atoms with E-state index < -0.39 is 15.9 Å². The largest absolute Gasteiger partial charge is 0.380 e. The first-order valence-electron chi connectivity index (χ1n) is 8.06. The summed E-state index contributed by atoms with van der Waals surface area (Å²) in [6.07, 6.45) is 6.49. The molecule has 0 fully saturated rings. The van der Waals surface area contributed by atoms with Crippen LogP contribution in [-0.2, 0) is 27.6 Å². The van der Waals surface area contributed by atoms with E-state index in [0.717, 1.165) is 28.9 Å². The number of anilines is 2. The van der Waals surface area contributed by atoms with E-state index in [2.05, 4.69) is 10.6 Å². The molecule has 1 aromatic heterocycles. The molecule has 0 aliphatic heterocycles. The van der Waals surface area contributed by atoms with E-state index in [9.17, 15) is 13.2 Å². The molecule has 0 atom stereocenters. The van der Waals surface area contributed by atoms with E-state index in [1.165, 1.54) is 6.26 Å². The van der Waals surface area contributed by atoms with Crippen LogP contribution in [0.1, 0.15) is 23.1 Å². The topological polar surface area (TPSA) is 84.5 Å². The average molecular weight is 393 g/mol. The van der Waals surface area contributed by atoms with Crippen molar-refractivity contribution in [2.45, 2.75) is 23.7 Å². The number of hydrogen-bond donors (Lipinski definition) is 2. The number of fused-ring (bicyclic) bond motifs is 1. The molecule has 2 aromatic rings. The van der Waals surface area contributed by atoms with Gasteiger partial charge in [-0.25, -0.2) is 13.2 Å². The van der Waals surface area contributed by atoms with Crippen LogP contribution in [0.2, 0.25) is 0 Å². The summed E-state index contributed by atoms with van der Waals surface area (Å²) in [5.41, 5.74) is 3.23. The summed E-state index contributed by atoms with van der Waals surface area (Å²) in [6, 6.07) is 6.94. The predicted octanol–water partition coefficient (Wildman–Crippen LogP) is 3.90. The van der Waals surface area contributed by atoms with Crippen molar-refractivity contribution in [2.24, 2.45) is 0 Å². The third-order valence-corrected chi connectivity index (χ3v) is 6.96. The van der Waals surface area contributed by atoms with Gasteiger partial charge in [-0.3, -0.25) is 5.32 Å². The smallest absolute Gasteiger partial charge is 0.324 e. The van der Waals surface area contributed by atoms with Gasteiger partial charge in [0.05, 0.1) is 6.61 Å². The van der Waals surface area contributed by atoms with Crippen LogP contribution in [0.5, 0.6) is 0 Å². The van der Waals surface area contributed by atoms with Crippen molar-refractivity contribution in [1.29, 1.82) is 0 Å². The maximum atomic E-state index is 12.3. The first kappa shape index (κ1) is 18.6. The number of methoxy groups -OCH3 is 1. The van der Waals surface area contributed by atoms with Crippen molar-refractivity contribution in [2.75, 3.05) is 24.0 Å². The second kappa shape index (κ2) is 7.61. The van der Waals surface area contributed by atoms with Crippen molar-refractivity contribution >= 4 is 44.0 Å². The van der Waals surface area contributed by atoms with E-state index >= 15 is 0 Å². The highest BCUT2D eigenvalue weighted by atomic mass is 32.2. The number of ether oxygens (including phenoxy) is 1. The molecule has 0 bridgehead atoms. The predicted molar refractivity (Wildman–Crippen MR) is 105 cm³/mol. The molecule has 3 rings (SSSR count). The maximum absolute atomic E-state index is 12.3. The van der Waals surface area contributed by atoms with Crippen LogP contribution in [0.3, 0.4) is 0 Å². The lowest BCUT2D eigenvalue weighted by Gasteiger charge is -2.11. The third-order valence-electron chi connectivity index (χ3n) is 3.95. The number of benzene rings is 1. The standard InChI is InChI=1S/C18H20N2O4S2/c1-24-11-12-7-9-13(10-8-12)19-18(21)20-16-14-5-3-4-6-15(14)17(25-16)26(2,22)23/h4,6-10H,3,5,11H2,1-2H3,(H2,19,20,21). The lowest BCUT2D eigenvalue weighted by Crippen LogP contribution is -2.19. The van der Waals surface area contributed by atoms with Crippen molar-refractivity contribution in [3.63, 3.8) is 0 Å². The molecule has 2 N–H and O–H groups in total. The highest BCUT2D eigenvalue weighted by Crippen LogP contribution is 2.40. The Morgan fingerprint density at radius 3 is 2.62 bits per heavy atom. The first-order valence-corrected chi connectivity index (χ1v) is 10.8. The van der Waals surface area contributed by atoms with Crippen LogP contribution in [0.25, 0.3) is 6.08 Å². The lowest BCUT2D eigenvalue weighted by molar-refractivity contribution is 0.185. The first-order chi connectivity index (χ1) is 12.4. The van der Waals surface area contributed by atoms with Crippen LogP contribution in [0.4, 0.5) is 15.5 Å². The van der Waals surface area contributed by atoms with Gasteiger partial charge in [0.1, 0.15) is 9.21 Å². The summed E-state index contributed by atoms with van der Waals surface area (Å²) in [5, 5.41) is 6.14. The second-order valence-electron chi connectivity index (χ2n) is 6.03. The molecule has 8 heteroatoms. The molecule has 138 valence electrons. The van der Waals surface area contributed by atoms with E-state index in [1.54, 1.807) is 19.2 Å². The minimum absolute atomic E-state index is 0.294. The molecule has 26 heavy (non-hydrogen) atoms. The Morgan fingerprint density at radius 2 is 1.96 bits per heavy atom. The number of amides is 2. The van der Waals surface area contributed by atoms with Crippen molar-refractivity contribution in [3.8, 4) is 0 Å². The highest BCUT2D eigenvalue weighted by Gasteiger charge is 2.24. The number of allylic oxidation sites excluding steroid dienone is 1. The molecule has 1 aliphatic rings. The second-order valence-corrected chi connectivity index (χ2v) is 9.26. The number of thiophene rings is 1. The van der Waals surface area contributed by atoms with Gasteiger partial charge < -0.3 is 10.1 Å². The summed E-state index contributed by atoms with van der Waals surface area (Å²) in [5.74, 6) is 0. The number of urea groups is 1. The third kappa shape index (κ3) is 4.14. The minimum atomic E-state index is -3.34. The Hall–Kier alpha value is -2.16. The normalized spacial score (nSPS) is 13.3. The molecular weight excluding hydrogens is 372 g/mol. The molecule has 0 saturated heterocycles. The van der Waals surface area contributed by atoms with Gasteiger partial charge in [0.25, 0.3) is 0 Å². The number of sulfone groups is 1. The maximum Gasteiger partial charge on any atom is 0.324 e. The van der Waals surface area contributed by atoms with Gasteiger partial charge in [-0.2, -0.15) is 0 Å². The molecule has 1 aliphatic carbocycles. The summed E-state index contributed by atoms with van der Waals surface area (Å²) in [7, 11) is -1.72. The number of carbonyl (C=O) groups excluding carboxylic acids is 1. The quantitative estimate of drug-likeness (QED) is 0.808. The molecule has 0 saturated carbocycles. The van der Waals surface area contributed by atoms with Gasteiger partial charge in [-0.05, 0) is 36.1 Å². The van der Waals surface area contributed by atoms with Crippen molar-refractivity contribution in [1.82, 2.24) is 0 Å². The van der Waals surface area contributed by atoms with Gasteiger partial charge in [-0.1, -0.05) is 24.3 Å². The summed E-state index contributed by atoms with van der Waals surface area (Å²) in [6.45, 7) is 0.510. The fourth-order valence-electron chi connectivity index (χ4n) is 2.79. The Kier molecular flexibility index (Phi) is 5.45. The van der Waals surface area contributed by atoms with Gasteiger partial charge >= 0.3 is 6.03 Å². The van der Waals surface area contributed by atoms with E-state index in [1.807, 2.05) is 24.3 Å². The molecule has 0 radical (unpaired) electrons. The molecular formula is C18H20N2O4S2. The number of rotatable bonds is 5. The average Bonchev–Trinajstić information content (AvgIpc) is 2.96. The molecule has 0 spiro atoms. The lowest BCUT2D eigenvalue weighted by atomic mass is 10.0. The monoisotopic (exact) mass is 392 g/mol. The number of hydrogen-bond acceptors (Lipinski definition) is 5. The summed E-state index contributed by atoms with van der Waals surface area (Å²) >= 11 is 1.10. The van der Waals surface area contributed by atoms with Crippen molar-refractivity contribution in [3.05, 3.63) is 47.0 Å². The molecule has 1 aromatic carbocycles. The molecule has 2 amide bonds. The van der Waals surface area contributed by atoms with Crippen LogP contribution in [-0.4, -0.2) is 27.8 Å². The van der Waals surface area contributed by atoms with Crippen LogP contribution in [0.15, 0.2) is 34.6 Å². The van der Waals surface area contributed by atoms with Crippen LogP contribution < -0.4 is 10.6 Å². The Morgan fingerprint density at radius 1 is 1.23 bits per heavy atom. The highest BCUT2D eigenvalue weighted by molar-refractivity contribution is 7.93. The SMILES string of the molecule is COCc1ccc(NC(=O)Nc2sc(S(C)(=O)=O)c3c2CCC=C3)cc1. The van der Waals surface area contributed by atoms with Gasteiger partial charge in [0, 0.05) is 24.6 Å². The zero-order chi connectivity index (χ0) is 18.7. The zero-order valence-electron chi connectivity index (χ0n) is 14.5. The Bertz CT molecular complexity index is 944. The Balaban J connectivity index is 1.77. The Labute approximate surface area is 156 Å². The van der Waals surface area contributed by atoms with Crippen LogP contribution in [0, 0.1) is 0 Å².